The quantitative estimate of drug-likeness (QED) is 0.301. The second-order valence-electron chi connectivity index (χ2n) is 7.22. The van der Waals surface area contributed by atoms with Gasteiger partial charge in [0.05, 0.1) is 20.2 Å². The van der Waals surface area contributed by atoms with Crippen molar-refractivity contribution in [2.75, 3.05) is 10.5 Å². The Hall–Kier alpha value is -3.07. The van der Waals surface area contributed by atoms with Gasteiger partial charge in [0.1, 0.15) is 29.7 Å². The number of hydrogen-bond acceptors (Lipinski definition) is 6. The molecule has 4 aromatic rings. The molecule has 2 aromatic heterocycles. The van der Waals surface area contributed by atoms with Gasteiger partial charge in [0.2, 0.25) is 0 Å². The van der Waals surface area contributed by atoms with E-state index in [2.05, 4.69) is 32.7 Å². The molecule has 13 heteroatoms. The van der Waals surface area contributed by atoms with E-state index in [4.69, 9.17) is 10.5 Å². The van der Waals surface area contributed by atoms with Gasteiger partial charge in [-0.15, -0.1) is 0 Å². The van der Waals surface area contributed by atoms with E-state index < -0.39 is 21.6 Å². The third kappa shape index (κ3) is 4.75. The van der Waals surface area contributed by atoms with Crippen LogP contribution < -0.4 is 15.2 Å². The van der Waals surface area contributed by atoms with E-state index in [-0.39, 0.29) is 23.9 Å². The number of sulfonamides is 1. The van der Waals surface area contributed by atoms with Gasteiger partial charge < -0.3 is 10.5 Å². The first-order valence-corrected chi connectivity index (χ1v) is 12.3. The Bertz CT molecular complexity index is 1480. The Morgan fingerprint density at radius 3 is 2.59 bits per heavy atom. The molecule has 8 nitrogen and oxygen atoms in total. The van der Waals surface area contributed by atoms with E-state index >= 15 is 0 Å². The number of nitrogens with two attached hydrogens (primary N) is 1. The van der Waals surface area contributed by atoms with Crippen LogP contribution >= 0.6 is 22.6 Å². The zero-order chi connectivity index (χ0) is 24.6. The lowest BCUT2D eigenvalue weighted by Crippen LogP contribution is -2.21. The third-order valence-corrected chi connectivity index (χ3v) is 6.66. The lowest BCUT2D eigenvalue weighted by atomic mass is 10.1. The molecule has 2 heterocycles. The van der Waals surface area contributed by atoms with E-state index in [1.807, 2.05) is 4.72 Å². The lowest BCUT2D eigenvalue weighted by Gasteiger charge is -2.15. The number of alkyl halides is 2. The van der Waals surface area contributed by atoms with Crippen molar-refractivity contribution >= 4 is 55.0 Å². The molecule has 0 aliphatic rings. The Labute approximate surface area is 206 Å². The predicted molar refractivity (Wildman–Crippen MR) is 130 cm³/mol. The third-order valence-electron chi connectivity index (χ3n) is 4.90. The summed E-state index contributed by atoms with van der Waals surface area (Å²) in [5.41, 5.74) is 8.20. The molecular formula is C21H17F3IN5O3S. The van der Waals surface area contributed by atoms with Gasteiger partial charge in [0.25, 0.3) is 10.0 Å². The summed E-state index contributed by atoms with van der Waals surface area (Å²) in [6.45, 7) is -0.0717. The maximum atomic E-state index is 13.2. The maximum Gasteiger partial charge on any atom is 0.355 e. The molecule has 178 valence electrons. The van der Waals surface area contributed by atoms with Crippen molar-refractivity contribution in [3.8, 4) is 17.0 Å². The van der Waals surface area contributed by atoms with Gasteiger partial charge in [0.15, 0.2) is 0 Å². The second-order valence-corrected chi connectivity index (χ2v) is 10.0. The minimum atomic E-state index is -4.95. The van der Waals surface area contributed by atoms with Crippen LogP contribution in [0.3, 0.4) is 0 Å². The topological polar surface area (TPSA) is 112 Å². The summed E-state index contributed by atoms with van der Waals surface area (Å²) in [6.07, 6.45) is 1.61. The molecule has 2 aromatic carbocycles. The van der Waals surface area contributed by atoms with E-state index in [9.17, 15) is 21.6 Å². The van der Waals surface area contributed by atoms with Crippen LogP contribution in [-0.2, 0) is 23.7 Å². The number of aryl methyl sites for hydroxylation is 1. The summed E-state index contributed by atoms with van der Waals surface area (Å²) in [5.74, 6) is -3.85. The molecule has 34 heavy (non-hydrogen) atoms. The Morgan fingerprint density at radius 1 is 1.21 bits per heavy atom. The number of fused-ring (bicyclic) bond motifs is 1. The van der Waals surface area contributed by atoms with Crippen molar-refractivity contribution in [3.05, 3.63) is 63.6 Å². The van der Waals surface area contributed by atoms with Crippen molar-refractivity contribution in [3.63, 3.8) is 0 Å². The molecule has 0 spiro atoms. The van der Waals surface area contributed by atoms with Crippen molar-refractivity contribution in [2.24, 2.45) is 7.05 Å². The lowest BCUT2D eigenvalue weighted by molar-refractivity contribution is 0.236. The average molecular weight is 603 g/mol. The molecule has 0 bridgehead atoms. The standard InChI is InChI=1S/C21H17F3IN5O3S/c1-30-19-14(25)9-27-20(26)17(19)18(28-30)12-4-7-15(29-34(31,32)21(23)24)16(8-12)33-10-11-2-5-13(22)6-3-11/h2-9,21,29H,10H2,1H3,(H2,26,27). The first-order chi connectivity index (χ1) is 16.1. The number of aromatic nitrogens is 3. The summed E-state index contributed by atoms with van der Waals surface area (Å²) in [6, 6.07) is 9.74. The molecule has 0 atom stereocenters. The summed E-state index contributed by atoms with van der Waals surface area (Å²) >= 11 is 2.11. The van der Waals surface area contributed by atoms with Crippen LogP contribution in [0.2, 0.25) is 0 Å². The number of halogens is 4. The molecule has 4 rings (SSSR count). The van der Waals surface area contributed by atoms with Crippen LogP contribution in [0.25, 0.3) is 22.2 Å². The van der Waals surface area contributed by atoms with Crippen LogP contribution in [0.15, 0.2) is 48.7 Å². The Balaban J connectivity index is 1.80. The number of hydrogen-bond donors (Lipinski definition) is 2. The molecular weight excluding hydrogens is 586 g/mol. The monoisotopic (exact) mass is 603 g/mol. The van der Waals surface area contributed by atoms with Gasteiger partial charge >= 0.3 is 5.76 Å². The molecule has 3 N–H and O–H groups in total. The first-order valence-electron chi connectivity index (χ1n) is 9.65. The first kappa shape index (κ1) is 24.1. The minimum Gasteiger partial charge on any atom is -0.487 e. The summed E-state index contributed by atoms with van der Waals surface area (Å²) in [7, 11) is -3.21. The van der Waals surface area contributed by atoms with Crippen LogP contribution in [-0.4, -0.2) is 28.9 Å². The second kappa shape index (κ2) is 9.29. The van der Waals surface area contributed by atoms with E-state index in [0.29, 0.717) is 22.2 Å². The van der Waals surface area contributed by atoms with Gasteiger partial charge in [0, 0.05) is 18.8 Å². The highest BCUT2D eigenvalue weighted by Crippen LogP contribution is 2.37. The number of rotatable bonds is 7. The van der Waals surface area contributed by atoms with Gasteiger partial charge in [-0.1, -0.05) is 18.2 Å². The Morgan fingerprint density at radius 2 is 1.91 bits per heavy atom. The zero-order valence-corrected chi connectivity index (χ0v) is 20.4. The number of pyridine rings is 1. The van der Waals surface area contributed by atoms with Gasteiger partial charge in [-0.25, -0.2) is 17.8 Å². The maximum absolute atomic E-state index is 13.2. The van der Waals surface area contributed by atoms with Gasteiger partial charge in [-0.3, -0.25) is 9.40 Å². The number of anilines is 2. The molecule has 0 amide bonds. The highest BCUT2D eigenvalue weighted by atomic mass is 127. The fourth-order valence-electron chi connectivity index (χ4n) is 3.31. The fourth-order valence-corrected chi connectivity index (χ4v) is 4.63. The SMILES string of the molecule is Cn1nc(-c2ccc(NS(=O)(=O)C(F)F)c(OCc3ccc(F)cc3)c2)c2c(N)ncc(I)c21. The van der Waals surface area contributed by atoms with Crippen molar-refractivity contribution < 1.29 is 26.3 Å². The summed E-state index contributed by atoms with van der Waals surface area (Å²) in [4.78, 5) is 4.18. The number of nitrogen functional groups attached to an aromatic ring is 1. The van der Waals surface area contributed by atoms with E-state index in [1.54, 1.807) is 17.9 Å². The van der Waals surface area contributed by atoms with E-state index in [0.717, 1.165) is 9.09 Å². The Kier molecular flexibility index (Phi) is 6.58. The molecule has 0 fully saturated rings. The summed E-state index contributed by atoms with van der Waals surface area (Å²) < 4.78 is 72.7. The average Bonchev–Trinajstić information content (AvgIpc) is 3.15. The highest BCUT2D eigenvalue weighted by molar-refractivity contribution is 14.1. The predicted octanol–water partition coefficient (Wildman–Crippen LogP) is 4.50. The molecule has 0 radical (unpaired) electrons. The molecule has 0 unspecified atom stereocenters. The molecule has 0 aliphatic heterocycles. The van der Waals surface area contributed by atoms with Crippen LogP contribution in [0.5, 0.6) is 5.75 Å². The van der Waals surface area contributed by atoms with Crippen LogP contribution in [0, 0.1) is 9.39 Å². The number of benzene rings is 2. The van der Waals surface area contributed by atoms with E-state index in [1.165, 1.54) is 42.5 Å². The van der Waals surface area contributed by atoms with Crippen molar-refractivity contribution in [1.82, 2.24) is 14.8 Å². The summed E-state index contributed by atoms with van der Waals surface area (Å²) in [5, 5.41) is 5.10. The highest BCUT2D eigenvalue weighted by Gasteiger charge is 2.26. The van der Waals surface area contributed by atoms with Crippen LogP contribution in [0.4, 0.5) is 24.7 Å². The zero-order valence-electron chi connectivity index (χ0n) is 17.5. The largest absolute Gasteiger partial charge is 0.487 e. The van der Waals surface area contributed by atoms with Crippen molar-refractivity contribution in [1.29, 1.82) is 0 Å². The number of ether oxygens (including phenoxy) is 1. The molecule has 0 saturated carbocycles. The minimum absolute atomic E-state index is 0.0259. The van der Waals surface area contributed by atoms with Gasteiger partial charge in [-0.05, 0) is 52.4 Å². The molecule has 0 aliphatic carbocycles. The van der Waals surface area contributed by atoms with Crippen molar-refractivity contribution in [2.45, 2.75) is 12.4 Å². The number of nitrogens with zero attached hydrogens (tertiary/aromatic N) is 3. The fraction of sp³-hybridized carbons (Fsp3) is 0.143. The smallest absolute Gasteiger partial charge is 0.355 e. The van der Waals surface area contributed by atoms with Crippen LogP contribution in [0.1, 0.15) is 5.56 Å². The molecule has 0 saturated heterocycles. The normalized spacial score (nSPS) is 11.8. The number of nitrogens with one attached hydrogen (secondary N) is 1. The van der Waals surface area contributed by atoms with Gasteiger partial charge in [-0.2, -0.15) is 13.9 Å².